The maximum Gasteiger partial charge on any atom is 0.427 e. The number of benzene rings is 1. The number of sulfonamides is 1. The van der Waals surface area contributed by atoms with Crippen LogP contribution in [0.1, 0.15) is 94.6 Å². The molecule has 0 bridgehead atoms. The molecule has 0 radical (unpaired) electrons. The Morgan fingerprint density at radius 2 is 1.77 bits per heavy atom. The number of ether oxygens (including phenoxy) is 4. The lowest BCUT2D eigenvalue weighted by molar-refractivity contribution is -0.244. The van der Waals surface area contributed by atoms with E-state index in [0.29, 0.717) is 59.3 Å². The van der Waals surface area contributed by atoms with Gasteiger partial charge in [-0.2, -0.15) is 13.2 Å². The number of pyridine rings is 2. The predicted octanol–water partition coefficient (Wildman–Crippen LogP) is 6.37. The van der Waals surface area contributed by atoms with Gasteiger partial charge in [0.1, 0.15) is 35.2 Å². The maximum absolute atomic E-state index is 15.2. The summed E-state index contributed by atoms with van der Waals surface area (Å²) in [5, 5.41) is 5.01. The van der Waals surface area contributed by atoms with Crippen LogP contribution < -0.4 is 29.6 Å². The maximum atomic E-state index is 15.2. The van der Waals surface area contributed by atoms with E-state index in [4.69, 9.17) is 27.4 Å². The summed E-state index contributed by atoms with van der Waals surface area (Å²) in [4.78, 5) is 68.0. The van der Waals surface area contributed by atoms with E-state index >= 15 is 4.79 Å². The van der Waals surface area contributed by atoms with Gasteiger partial charge < -0.3 is 34.5 Å². The Hall–Kier alpha value is -5.66. The molecule has 2 aliphatic heterocycles. The average Bonchev–Trinajstić information content (AvgIpc) is 4.21. The molecule has 4 heterocycles. The second kappa shape index (κ2) is 18.6. The number of alkyl carbamates (subject to hydrolysis) is 1. The van der Waals surface area contributed by atoms with E-state index < -0.39 is 107 Å². The van der Waals surface area contributed by atoms with Crippen LogP contribution in [0.25, 0.3) is 22.2 Å². The Kier molecular flexibility index (Phi) is 11.4. The van der Waals surface area contributed by atoms with Gasteiger partial charge >= 0.3 is 12.3 Å². The van der Waals surface area contributed by atoms with Crippen molar-refractivity contribution in [3.05, 3.63) is 54.7 Å². The molecular formula is C46H57F3N6O10S. The highest BCUT2D eigenvalue weighted by Gasteiger charge is 2.62. The van der Waals surface area contributed by atoms with Gasteiger partial charge in [0, 0.05) is 25.9 Å². The lowest BCUT2D eigenvalue weighted by Gasteiger charge is -2.34. The fraction of sp³-hybridized carbons (Fsp3) is 0.565. The van der Waals surface area contributed by atoms with Crippen LogP contribution in [0.15, 0.2) is 54.7 Å². The molecule has 4 amide bonds. The van der Waals surface area contributed by atoms with Crippen LogP contribution in [-0.4, -0.2) is 108 Å². The van der Waals surface area contributed by atoms with Gasteiger partial charge in [-0.3, -0.25) is 24.1 Å². The number of methoxy groups -OCH3 is 1. The molecule has 7 atom stereocenters. The second-order valence-corrected chi connectivity index (χ2v) is 19.8. The van der Waals surface area contributed by atoms with Crippen molar-refractivity contribution in [2.75, 3.05) is 13.7 Å². The van der Waals surface area contributed by atoms with Crippen molar-refractivity contribution in [3.63, 3.8) is 0 Å². The summed E-state index contributed by atoms with van der Waals surface area (Å²) < 4.78 is 140. The summed E-state index contributed by atoms with van der Waals surface area (Å²) >= 11 is 0. The molecule has 358 valence electrons. The normalized spacial score (nSPS) is 28.5. The molecule has 2 saturated carbocycles. The minimum atomic E-state index is -6.17. The van der Waals surface area contributed by atoms with Crippen molar-refractivity contribution in [3.8, 4) is 28.8 Å². The van der Waals surface area contributed by atoms with Gasteiger partial charge in [0.2, 0.25) is 33.3 Å². The number of fused-ring (bicyclic) bond motifs is 3. The van der Waals surface area contributed by atoms with Crippen LogP contribution in [0.4, 0.5) is 18.0 Å². The summed E-state index contributed by atoms with van der Waals surface area (Å²) in [7, 11) is -2.62. The van der Waals surface area contributed by atoms with Gasteiger partial charge in [-0.1, -0.05) is 26.0 Å². The van der Waals surface area contributed by atoms with E-state index in [1.54, 1.807) is 55.5 Å². The summed E-state index contributed by atoms with van der Waals surface area (Å²) in [6, 6.07) is 6.72. The zero-order valence-electron chi connectivity index (χ0n) is 42.9. The summed E-state index contributed by atoms with van der Waals surface area (Å²) in [6.45, 7) is -2.42. The minimum Gasteiger partial charge on any atom is -0.497 e. The number of carbonyl (C=O) groups is 4. The standard InChI is InChI=1S/C46H57F3N6O10S/c1-25(2)63-31-13-17-35(50-23-31)36-20-28-19-30(62-7)12-16-34(28)40(51-36)64-32-21-37-39(56)53-45(42(58)54-66(60,61)33-14-15-33)22-29(45)11-9-8-10-26(3)18-27(4)38(41(57)55(37)24-32)52-43(59)65-44(5,6)46(47,48)49/h9,11-13,16-17,19-20,23,25-27,29,32-33,37-38H,8,10,14-15,18,21-22,24H2,1-7H3,(H,52,59)(H,53,56)(H,54,58)/b11-9-/t26-,27+,29+,32+,37-,38-,45+/m0/s1/i5D3,6D3. The van der Waals surface area contributed by atoms with E-state index in [1.165, 1.54) is 20.2 Å². The zero-order valence-corrected chi connectivity index (χ0v) is 37.8. The van der Waals surface area contributed by atoms with E-state index in [0.717, 1.165) is 4.90 Å². The first-order chi connectivity index (χ1) is 33.5. The average molecular weight is 949 g/mol. The molecule has 2 aromatic heterocycles. The van der Waals surface area contributed by atoms with Crippen molar-refractivity contribution in [1.82, 2.24) is 30.2 Å². The number of rotatable bonds is 11. The summed E-state index contributed by atoms with van der Waals surface area (Å²) in [6.07, 6.45) is -3.35. The lowest BCUT2D eigenvalue weighted by Crippen LogP contribution is -2.59. The third-order valence-electron chi connectivity index (χ3n) is 12.2. The van der Waals surface area contributed by atoms with Gasteiger partial charge in [0.15, 0.2) is 0 Å². The van der Waals surface area contributed by atoms with Crippen molar-refractivity contribution in [1.29, 1.82) is 0 Å². The van der Waals surface area contributed by atoms with Gasteiger partial charge in [0.25, 0.3) is 5.91 Å². The van der Waals surface area contributed by atoms with Gasteiger partial charge in [-0.05, 0) is 120 Å². The van der Waals surface area contributed by atoms with Gasteiger partial charge in [-0.15, -0.1) is 0 Å². The summed E-state index contributed by atoms with van der Waals surface area (Å²) in [5.74, 6) is -3.95. The number of nitrogens with zero attached hydrogens (tertiary/aromatic N) is 3. The molecular weight excluding hydrogens is 886 g/mol. The van der Waals surface area contributed by atoms with Gasteiger partial charge in [0.05, 0.1) is 42.6 Å². The molecule has 66 heavy (non-hydrogen) atoms. The van der Waals surface area contributed by atoms with E-state index in [2.05, 4.69) is 19.8 Å². The molecule has 20 heteroatoms. The molecule has 3 fully saturated rings. The molecule has 16 nitrogen and oxygen atoms in total. The first kappa shape index (κ1) is 40.6. The Morgan fingerprint density at radius 3 is 2.42 bits per heavy atom. The molecule has 3 aromatic rings. The third kappa shape index (κ3) is 10.6. The number of allylic oxidation sites excluding steroid dienone is 1. The van der Waals surface area contributed by atoms with Crippen LogP contribution in [0.2, 0.25) is 0 Å². The van der Waals surface area contributed by atoms with Crippen LogP contribution in [0.3, 0.4) is 0 Å². The van der Waals surface area contributed by atoms with Crippen LogP contribution in [-0.2, 0) is 29.1 Å². The highest BCUT2D eigenvalue weighted by Crippen LogP contribution is 2.46. The molecule has 0 unspecified atom stereocenters. The van der Waals surface area contributed by atoms with Crippen molar-refractivity contribution < 1.29 is 67.9 Å². The quantitative estimate of drug-likeness (QED) is 0.180. The molecule has 1 aromatic carbocycles. The Morgan fingerprint density at radius 1 is 1.03 bits per heavy atom. The lowest BCUT2D eigenvalue weighted by atomic mass is 9.88. The number of hydrogen-bond donors (Lipinski definition) is 3. The van der Waals surface area contributed by atoms with Crippen molar-refractivity contribution in [2.24, 2.45) is 17.8 Å². The topological polar surface area (TPSA) is 204 Å². The van der Waals surface area contributed by atoms with Crippen LogP contribution >= 0.6 is 0 Å². The SMILES string of the molecule is [2H]C([2H])([2H])C(OC(=O)N[C@@H]1C(=O)N2C[C@H](Oc3nc(-c4ccc(OC(C)C)cn4)cc4cc(OC)ccc34)C[C@H]2C(=O)N[C@]2(C(=O)NS(=O)(=O)C3CC3)C[C@H]2/C=C\CC[C@H](C)C[C@H]1C)(C([2H])([2H])[2H])C(F)(F)F. The monoisotopic (exact) mass is 948 g/mol. The molecule has 3 N–H and O–H groups in total. The zero-order chi connectivity index (χ0) is 52.9. The number of halogens is 3. The minimum absolute atomic E-state index is 0.0107. The number of alkyl halides is 3. The van der Waals surface area contributed by atoms with E-state index in [9.17, 15) is 36.0 Å². The number of hydrogen-bond acceptors (Lipinski definition) is 12. The highest BCUT2D eigenvalue weighted by atomic mass is 32.2. The van der Waals surface area contributed by atoms with E-state index in [1.807, 2.05) is 19.2 Å². The Balaban J connectivity index is 1.29. The fourth-order valence-corrected chi connectivity index (χ4v) is 9.80. The third-order valence-corrected chi connectivity index (χ3v) is 14.0. The first-order valence-electron chi connectivity index (χ1n) is 24.7. The number of aromatic nitrogens is 2. The van der Waals surface area contributed by atoms with Crippen molar-refractivity contribution >= 4 is 44.6 Å². The smallest absolute Gasteiger partial charge is 0.427 e. The molecule has 1 saturated heterocycles. The largest absolute Gasteiger partial charge is 0.497 e. The molecule has 7 rings (SSSR count). The Bertz CT molecular complexity index is 2670. The molecule has 2 aliphatic carbocycles. The molecule has 0 spiro atoms. The second-order valence-electron chi connectivity index (χ2n) is 17.9. The first-order valence-corrected chi connectivity index (χ1v) is 23.2. The summed E-state index contributed by atoms with van der Waals surface area (Å²) in [5.41, 5.74) is -6.08. The number of nitrogens with one attached hydrogen (secondary N) is 3. The predicted molar refractivity (Wildman–Crippen MR) is 236 cm³/mol. The van der Waals surface area contributed by atoms with Crippen LogP contribution in [0, 0.1) is 17.8 Å². The fourth-order valence-electron chi connectivity index (χ4n) is 8.43. The van der Waals surface area contributed by atoms with Gasteiger partial charge in [-0.25, -0.2) is 18.2 Å². The number of carbonyl (C=O) groups excluding carboxylic acids is 4. The molecule has 4 aliphatic rings. The Labute approximate surface area is 390 Å². The van der Waals surface area contributed by atoms with E-state index in [-0.39, 0.29) is 37.2 Å². The highest BCUT2D eigenvalue weighted by molar-refractivity contribution is 7.91. The number of amides is 4. The van der Waals surface area contributed by atoms with Crippen molar-refractivity contribution in [2.45, 2.75) is 133 Å². The van der Waals surface area contributed by atoms with Crippen LogP contribution in [0.5, 0.6) is 17.4 Å².